The Morgan fingerprint density at radius 1 is 1.56 bits per heavy atom. The second kappa shape index (κ2) is 2.57. The van der Waals surface area contributed by atoms with Gasteiger partial charge in [0.15, 0.2) is 0 Å². The third kappa shape index (κ3) is 1.79. The standard InChI is InChI=1S/C5H9N3O/c1-4(2)3-5-6-7-8-9-5/h4H,3H2,1-2H3. The van der Waals surface area contributed by atoms with E-state index in [0.29, 0.717) is 11.8 Å². The summed E-state index contributed by atoms with van der Waals surface area (Å²) in [7, 11) is 0. The summed E-state index contributed by atoms with van der Waals surface area (Å²) in [6, 6.07) is 0. The summed E-state index contributed by atoms with van der Waals surface area (Å²) >= 11 is 0. The molecule has 0 saturated heterocycles. The molecule has 0 amide bonds. The Morgan fingerprint density at radius 2 is 2.33 bits per heavy atom. The first kappa shape index (κ1) is 6.19. The number of hydrogen-bond donors (Lipinski definition) is 0. The summed E-state index contributed by atoms with van der Waals surface area (Å²) in [6.07, 6.45) is 0.812. The van der Waals surface area contributed by atoms with Gasteiger partial charge in [0, 0.05) is 6.42 Å². The molecule has 0 aliphatic rings. The van der Waals surface area contributed by atoms with Gasteiger partial charge in [-0.25, -0.2) is 0 Å². The van der Waals surface area contributed by atoms with Gasteiger partial charge in [-0.1, -0.05) is 18.9 Å². The summed E-state index contributed by atoms with van der Waals surface area (Å²) in [6.45, 7) is 4.18. The molecule has 0 bridgehead atoms. The van der Waals surface area contributed by atoms with Crippen molar-refractivity contribution in [2.24, 2.45) is 5.92 Å². The van der Waals surface area contributed by atoms with Crippen molar-refractivity contribution in [3.8, 4) is 0 Å². The zero-order chi connectivity index (χ0) is 6.69. The molecule has 1 aromatic rings. The molecule has 0 fully saturated rings. The third-order valence-corrected chi connectivity index (χ3v) is 0.922. The minimum Gasteiger partial charge on any atom is -0.320 e. The van der Waals surface area contributed by atoms with Crippen LogP contribution in [0.1, 0.15) is 19.7 Å². The molecular weight excluding hydrogens is 118 g/mol. The van der Waals surface area contributed by atoms with E-state index in [1.54, 1.807) is 0 Å². The Labute approximate surface area is 53.2 Å². The van der Waals surface area contributed by atoms with Crippen molar-refractivity contribution in [2.45, 2.75) is 20.3 Å². The highest BCUT2D eigenvalue weighted by Crippen LogP contribution is 2.00. The Bertz CT molecular complexity index is 159. The molecule has 50 valence electrons. The summed E-state index contributed by atoms with van der Waals surface area (Å²) in [5.41, 5.74) is 0. The van der Waals surface area contributed by atoms with E-state index in [-0.39, 0.29) is 0 Å². The lowest BCUT2D eigenvalue weighted by molar-refractivity contribution is 0.348. The van der Waals surface area contributed by atoms with Gasteiger partial charge < -0.3 is 4.52 Å². The molecule has 1 heterocycles. The van der Waals surface area contributed by atoms with Crippen LogP contribution in [0, 0.1) is 5.92 Å². The highest BCUT2D eigenvalue weighted by molar-refractivity contribution is 4.71. The molecule has 0 unspecified atom stereocenters. The van der Waals surface area contributed by atoms with E-state index < -0.39 is 0 Å². The third-order valence-electron chi connectivity index (χ3n) is 0.922. The van der Waals surface area contributed by atoms with Crippen LogP contribution < -0.4 is 0 Å². The molecule has 4 heteroatoms. The van der Waals surface area contributed by atoms with E-state index in [2.05, 4.69) is 34.0 Å². The quantitative estimate of drug-likeness (QED) is 0.585. The molecule has 0 aromatic carbocycles. The molecule has 9 heavy (non-hydrogen) atoms. The monoisotopic (exact) mass is 127 g/mol. The van der Waals surface area contributed by atoms with Crippen LogP contribution in [0.2, 0.25) is 0 Å². The lowest BCUT2D eigenvalue weighted by Gasteiger charge is -1.94. The molecular formula is C5H9N3O. The summed E-state index contributed by atoms with van der Waals surface area (Å²) < 4.78 is 4.67. The topological polar surface area (TPSA) is 51.8 Å². The summed E-state index contributed by atoms with van der Waals surface area (Å²) in [5.74, 6) is 1.16. The molecule has 4 nitrogen and oxygen atoms in total. The maximum absolute atomic E-state index is 4.67. The Morgan fingerprint density at radius 3 is 2.78 bits per heavy atom. The van der Waals surface area contributed by atoms with Gasteiger partial charge in [0.2, 0.25) is 5.89 Å². The van der Waals surface area contributed by atoms with Crippen LogP contribution in [0.15, 0.2) is 4.52 Å². The van der Waals surface area contributed by atoms with Crippen LogP contribution in [0.25, 0.3) is 0 Å². The lowest BCUT2D eigenvalue weighted by Crippen LogP contribution is -1.93. The molecule has 0 saturated carbocycles. The van der Waals surface area contributed by atoms with Gasteiger partial charge in [-0.15, -0.1) is 0 Å². The number of nitrogens with zero attached hydrogens (tertiary/aromatic N) is 3. The number of rotatable bonds is 2. The van der Waals surface area contributed by atoms with Crippen molar-refractivity contribution in [1.82, 2.24) is 15.6 Å². The molecule has 0 N–H and O–H groups in total. The van der Waals surface area contributed by atoms with Crippen LogP contribution in [-0.2, 0) is 6.42 Å². The van der Waals surface area contributed by atoms with Crippen LogP contribution in [0.5, 0.6) is 0 Å². The predicted octanol–water partition coefficient (Wildman–Crippen LogP) is 0.663. The van der Waals surface area contributed by atoms with Gasteiger partial charge in [0.1, 0.15) is 0 Å². The van der Waals surface area contributed by atoms with Gasteiger partial charge in [-0.05, 0) is 11.1 Å². The van der Waals surface area contributed by atoms with E-state index in [0.717, 1.165) is 6.42 Å². The minimum atomic E-state index is 0.548. The van der Waals surface area contributed by atoms with Gasteiger partial charge >= 0.3 is 0 Å². The van der Waals surface area contributed by atoms with Crippen LogP contribution in [-0.4, -0.2) is 15.6 Å². The average Bonchev–Trinajstić information content (AvgIpc) is 2.15. The molecule has 0 spiro atoms. The average molecular weight is 127 g/mol. The molecule has 1 rings (SSSR count). The zero-order valence-electron chi connectivity index (χ0n) is 5.53. The van der Waals surface area contributed by atoms with E-state index in [4.69, 9.17) is 0 Å². The SMILES string of the molecule is CC(C)Cc1nnno1. The first-order chi connectivity index (χ1) is 4.29. The Balaban J connectivity index is 2.48. The maximum atomic E-state index is 4.67. The molecule has 0 atom stereocenters. The van der Waals surface area contributed by atoms with Crippen LogP contribution >= 0.6 is 0 Å². The van der Waals surface area contributed by atoms with E-state index in [9.17, 15) is 0 Å². The fraction of sp³-hybridized carbons (Fsp3) is 0.800. The fourth-order valence-corrected chi connectivity index (χ4v) is 0.579. The van der Waals surface area contributed by atoms with Crippen LogP contribution in [0.4, 0.5) is 0 Å². The van der Waals surface area contributed by atoms with E-state index in [1.807, 2.05) is 0 Å². The van der Waals surface area contributed by atoms with E-state index in [1.165, 1.54) is 0 Å². The van der Waals surface area contributed by atoms with Gasteiger partial charge in [0.25, 0.3) is 0 Å². The van der Waals surface area contributed by atoms with Gasteiger partial charge in [0.05, 0.1) is 5.27 Å². The molecule has 0 aliphatic heterocycles. The Hall–Kier alpha value is -0.930. The summed E-state index contributed by atoms with van der Waals surface area (Å²) in [4.78, 5) is 0. The molecule has 1 aromatic heterocycles. The summed E-state index contributed by atoms with van der Waals surface area (Å²) in [5, 5.41) is 10.2. The second-order valence-corrected chi connectivity index (χ2v) is 2.35. The van der Waals surface area contributed by atoms with Crippen molar-refractivity contribution in [1.29, 1.82) is 0 Å². The Kier molecular flexibility index (Phi) is 1.77. The highest BCUT2D eigenvalue weighted by atomic mass is 16.5. The number of hydrogen-bond acceptors (Lipinski definition) is 4. The molecule has 0 radical (unpaired) electrons. The van der Waals surface area contributed by atoms with E-state index >= 15 is 0 Å². The van der Waals surface area contributed by atoms with Gasteiger partial charge in [-0.2, -0.15) is 0 Å². The van der Waals surface area contributed by atoms with Gasteiger partial charge in [-0.3, -0.25) is 0 Å². The fourth-order valence-electron chi connectivity index (χ4n) is 0.579. The maximum Gasteiger partial charge on any atom is 0.248 e. The first-order valence-electron chi connectivity index (χ1n) is 2.93. The minimum absolute atomic E-state index is 0.548. The van der Waals surface area contributed by atoms with Crippen molar-refractivity contribution in [3.05, 3.63) is 5.89 Å². The highest BCUT2D eigenvalue weighted by Gasteiger charge is 2.01. The largest absolute Gasteiger partial charge is 0.320 e. The van der Waals surface area contributed by atoms with Crippen LogP contribution in [0.3, 0.4) is 0 Å². The number of aromatic nitrogens is 3. The van der Waals surface area contributed by atoms with Crippen molar-refractivity contribution >= 4 is 0 Å². The second-order valence-electron chi connectivity index (χ2n) is 2.35. The lowest BCUT2D eigenvalue weighted by atomic mass is 10.1. The van der Waals surface area contributed by atoms with Crippen molar-refractivity contribution in [3.63, 3.8) is 0 Å². The zero-order valence-corrected chi connectivity index (χ0v) is 5.53. The normalized spacial score (nSPS) is 10.6. The smallest absolute Gasteiger partial charge is 0.248 e. The molecule has 0 aliphatic carbocycles. The predicted molar refractivity (Wildman–Crippen MR) is 30.6 cm³/mol. The van der Waals surface area contributed by atoms with Crippen molar-refractivity contribution in [2.75, 3.05) is 0 Å². The first-order valence-corrected chi connectivity index (χ1v) is 2.93. The van der Waals surface area contributed by atoms with Crippen molar-refractivity contribution < 1.29 is 4.52 Å².